The van der Waals surface area contributed by atoms with E-state index < -0.39 is 30.3 Å². The molecule has 6 atom stereocenters. The van der Waals surface area contributed by atoms with Crippen molar-refractivity contribution in [2.45, 2.75) is 17.2 Å². The van der Waals surface area contributed by atoms with Gasteiger partial charge in [-0.05, 0) is 60.7 Å². The predicted octanol–water partition coefficient (Wildman–Crippen LogP) is 4.76. The van der Waals surface area contributed by atoms with Gasteiger partial charge >= 0.3 is 5.97 Å². The molecule has 2 bridgehead atoms. The summed E-state index contributed by atoms with van der Waals surface area (Å²) in [6, 6.07) is 10.4. The van der Waals surface area contributed by atoms with Crippen LogP contribution in [-0.4, -0.2) is 41.1 Å². The van der Waals surface area contributed by atoms with Gasteiger partial charge in [-0.15, -0.1) is 23.2 Å². The molecule has 1 aliphatic heterocycles. The summed E-state index contributed by atoms with van der Waals surface area (Å²) in [6.07, 6.45) is 0.687. The molecule has 1 saturated heterocycles. The van der Waals surface area contributed by atoms with Gasteiger partial charge in [0.2, 0.25) is 11.8 Å². The van der Waals surface area contributed by atoms with Crippen LogP contribution < -0.4 is 10.2 Å². The van der Waals surface area contributed by atoms with Crippen LogP contribution in [0.5, 0.6) is 0 Å². The van der Waals surface area contributed by atoms with Crippen molar-refractivity contribution in [3.63, 3.8) is 0 Å². The second-order valence-electron chi connectivity index (χ2n) is 8.82. The maximum atomic E-state index is 13.1. The number of nitrogens with zero attached hydrogens (tertiary/aromatic N) is 1. The molecule has 1 N–H and O–H groups in total. The number of carbonyl (C=O) groups is 4. The van der Waals surface area contributed by atoms with Gasteiger partial charge in [-0.2, -0.15) is 0 Å². The Morgan fingerprint density at radius 2 is 1.51 bits per heavy atom. The summed E-state index contributed by atoms with van der Waals surface area (Å²) in [7, 11) is 0. The van der Waals surface area contributed by atoms with Crippen molar-refractivity contribution in [1.29, 1.82) is 0 Å². The Balaban J connectivity index is 1.21. The smallest absolute Gasteiger partial charge is 0.338 e. The Morgan fingerprint density at radius 1 is 0.914 bits per heavy atom. The highest BCUT2D eigenvalue weighted by atomic mass is 35.5. The van der Waals surface area contributed by atoms with Gasteiger partial charge in [0.25, 0.3) is 5.91 Å². The van der Waals surface area contributed by atoms with Crippen molar-refractivity contribution in [3.05, 3.63) is 58.1 Å². The molecule has 1 heterocycles. The molecule has 2 saturated carbocycles. The average Bonchev–Trinajstić information content (AvgIpc) is 3.45. The van der Waals surface area contributed by atoms with E-state index in [9.17, 15) is 19.2 Å². The molecule has 2 aromatic carbocycles. The summed E-state index contributed by atoms with van der Waals surface area (Å²) in [5.41, 5.74) is 0.931. The molecule has 3 amide bonds. The number of esters is 1. The molecule has 5 rings (SSSR count). The van der Waals surface area contributed by atoms with Gasteiger partial charge in [-0.1, -0.05) is 23.2 Å². The highest BCUT2D eigenvalue weighted by molar-refractivity contribution is 6.42. The van der Waals surface area contributed by atoms with E-state index >= 15 is 0 Å². The summed E-state index contributed by atoms with van der Waals surface area (Å²) >= 11 is 24.5. The molecule has 3 aliphatic rings. The lowest BCUT2D eigenvalue weighted by atomic mass is 9.80. The third-order valence-electron chi connectivity index (χ3n) is 6.89. The number of anilines is 2. The highest BCUT2D eigenvalue weighted by Crippen LogP contribution is 2.59. The molecule has 2 aliphatic carbocycles. The lowest BCUT2D eigenvalue weighted by molar-refractivity contribution is -0.123. The van der Waals surface area contributed by atoms with Crippen LogP contribution in [0.3, 0.4) is 0 Å². The number of ether oxygens (including phenoxy) is 1. The van der Waals surface area contributed by atoms with Crippen molar-refractivity contribution in [1.82, 2.24) is 0 Å². The number of fused-ring (bicyclic) bond motifs is 5. The zero-order valence-corrected chi connectivity index (χ0v) is 20.9. The fourth-order valence-corrected chi connectivity index (χ4v) is 6.53. The third-order valence-corrected chi connectivity index (χ3v) is 8.94. The molecule has 0 spiro atoms. The van der Waals surface area contributed by atoms with Crippen LogP contribution in [0, 0.1) is 23.7 Å². The van der Waals surface area contributed by atoms with Crippen LogP contribution in [0.2, 0.25) is 10.0 Å². The van der Waals surface area contributed by atoms with Gasteiger partial charge < -0.3 is 10.1 Å². The standard InChI is InChI=1S/C24H18Cl4N2O5/c25-15-6-3-11(7-16(15)26)29-17(31)9-35-24(34)10-1-4-12(5-2-10)30-22(32)18-13-8-14(19(18)23(30)33)21(28)20(13)27/h1-7,13-14,18-21H,8-9H2,(H,29,31)/t13-,14-,18-,19-,20+,21+/m1/s1. The number of hydrogen-bond donors (Lipinski definition) is 1. The van der Waals surface area contributed by atoms with Crippen LogP contribution in [0.4, 0.5) is 11.4 Å². The lowest BCUT2D eigenvalue weighted by Gasteiger charge is -2.28. The van der Waals surface area contributed by atoms with E-state index in [4.69, 9.17) is 51.1 Å². The first kappa shape index (κ1) is 24.4. The zero-order chi connectivity index (χ0) is 25.0. The third kappa shape index (κ3) is 4.18. The minimum absolute atomic E-state index is 0.111. The Labute approximate surface area is 220 Å². The first-order valence-electron chi connectivity index (χ1n) is 10.9. The number of benzene rings is 2. The molecule has 0 unspecified atom stereocenters. The fourth-order valence-electron chi connectivity index (χ4n) is 5.34. The molecule has 0 radical (unpaired) electrons. The molecule has 11 heteroatoms. The van der Waals surface area contributed by atoms with Crippen molar-refractivity contribution in [3.8, 4) is 0 Å². The normalized spacial score (nSPS) is 28.9. The van der Waals surface area contributed by atoms with E-state index in [1.54, 1.807) is 6.07 Å². The summed E-state index contributed by atoms with van der Waals surface area (Å²) in [4.78, 5) is 51.8. The van der Waals surface area contributed by atoms with Gasteiger partial charge in [0.15, 0.2) is 6.61 Å². The zero-order valence-electron chi connectivity index (χ0n) is 17.9. The molecular formula is C24H18Cl4N2O5. The number of rotatable bonds is 5. The molecular weight excluding hydrogens is 538 g/mol. The largest absolute Gasteiger partial charge is 0.452 e. The first-order chi connectivity index (χ1) is 16.7. The number of imide groups is 1. The highest BCUT2D eigenvalue weighted by Gasteiger charge is 2.66. The monoisotopic (exact) mass is 554 g/mol. The predicted molar refractivity (Wildman–Crippen MR) is 132 cm³/mol. The molecule has 7 nitrogen and oxygen atoms in total. The number of nitrogens with one attached hydrogen (secondary N) is 1. The summed E-state index contributed by atoms with van der Waals surface area (Å²) in [5.74, 6) is -2.98. The minimum Gasteiger partial charge on any atom is -0.452 e. The molecule has 0 aromatic heterocycles. The van der Waals surface area contributed by atoms with Crippen LogP contribution >= 0.6 is 46.4 Å². The summed E-state index contributed by atoms with van der Waals surface area (Å²) < 4.78 is 5.06. The van der Waals surface area contributed by atoms with Crippen LogP contribution in [0.25, 0.3) is 0 Å². The van der Waals surface area contributed by atoms with Crippen molar-refractivity contribution in [2.75, 3.05) is 16.8 Å². The Hall–Kier alpha value is -2.32. The van der Waals surface area contributed by atoms with Crippen LogP contribution in [-0.2, 0) is 19.1 Å². The summed E-state index contributed by atoms with van der Waals surface area (Å²) in [5, 5.41) is 2.52. The Bertz CT molecular complexity index is 1200. The molecule has 182 valence electrons. The maximum Gasteiger partial charge on any atom is 0.338 e. The van der Waals surface area contributed by atoms with E-state index in [0.717, 1.165) is 4.90 Å². The molecule has 2 aromatic rings. The van der Waals surface area contributed by atoms with Crippen LogP contribution in [0.1, 0.15) is 16.8 Å². The number of halogens is 4. The van der Waals surface area contributed by atoms with Crippen LogP contribution in [0.15, 0.2) is 42.5 Å². The topological polar surface area (TPSA) is 92.8 Å². The average molecular weight is 556 g/mol. The van der Waals surface area contributed by atoms with Gasteiger partial charge in [-0.25, -0.2) is 4.79 Å². The quantitative estimate of drug-likeness (QED) is 0.326. The Kier molecular flexibility index (Phi) is 6.46. The van der Waals surface area contributed by atoms with Gasteiger partial charge in [0, 0.05) is 5.69 Å². The lowest BCUT2D eigenvalue weighted by Crippen LogP contribution is -2.37. The first-order valence-corrected chi connectivity index (χ1v) is 12.5. The number of alkyl halides is 2. The van der Waals surface area contributed by atoms with Crippen molar-refractivity contribution >= 4 is 81.5 Å². The van der Waals surface area contributed by atoms with E-state index in [0.29, 0.717) is 22.8 Å². The van der Waals surface area contributed by atoms with Crippen molar-refractivity contribution in [2.24, 2.45) is 23.7 Å². The van der Waals surface area contributed by atoms with Gasteiger partial charge in [0.1, 0.15) is 0 Å². The van der Waals surface area contributed by atoms with Gasteiger partial charge in [-0.3, -0.25) is 19.3 Å². The number of carbonyl (C=O) groups excluding carboxylic acids is 4. The summed E-state index contributed by atoms with van der Waals surface area (Å²) in [6.45, 7) is -0.519. The second-order valence-corrected chi connectivity index (χ2v) is 10.6. The van der Waals surface area contributed by atoms with E-state index in [1.807, 2.05) is 0 Å². The number of hydrogen-bond acceptors (Lipinski definition) is 5. The maximum absolute atomic E-state index is 13.1. The van der Waals surface area contributed by atoms with E-state index in [2.05, 4.69) is 5.32 Å². The number of amides is 3. The SMILES string of the molecule is O=C(COC(=O)c1ccc(N2C(=O)[C@@H]3[C@H]4C[C@@H]([C@H](Cl)[C@H]4Cl)[C@H]3C2=O)cc1)Nc1ccc(Cl)c(Cl)c1. The Morgan fingerprint density at radius 3 is 2.09 bits per heavy atom. The van der Waals surface area contributed by atoms with Gasteiger partial charge in [0.05, 0.1) is 43.9 Å². The molecule has 3 fully saturated rings. The molecule has 35 heavy (non-hydrogen) atoms. The van der Waals surface area contributed by atoms with E-state index in [1.165, 1.54) is 36.4 Å². The minimum atomic E-state index is -0.732. The van der Waals surface area contributed by atoms with E-state index in [-0.39, 0.29) is 45.0 Å². The second kappa shape index (κ2) is 9.28. The fraction of sp³-hybridized carbons (Fsp3) is 0.333. The van der Waals surface area contributed by atoms with Crippen molar-refractivity contribution < 1.29 is 23.9 Å².